The van der Waals surface area contributed by atoms with Crippen LogP contribution in [0.3, 0.4) is 0 Å². The van der Waals surface area contributed by atoms with Crippen LogP contribution in [0.15, 0.2) is 30.5 Å². The van der Waals surface area contributed by atoms with Crippen LogP contribution < -0.4 is 15.4 Å². The molecule has 6 nitrogen and oxygen atoms in total. The van der Waals surface area contributed by atoms with Gasteiger partial charge in [0.2, 0.25) is 0 Å². The Labute approximate surface area is 166 Å². The number of anilines is 1. The largest absolute Gasteiger partial charge is 0.494 e. The maximum atomic E-state index is 12.7. The van der Waals surface area contributed by atoms with Gasteiger partial charge < -0.3 is 20.4 Å². The molecular weight excluding hydrogens is 354 g/mol. The number of carbonyl (C=O) groups is 2. The molecule has 0 fully saturated rings. The number of ketones is 1. The molecule has 0 radical (unpaired) electrons. The fourth-order valence-corrected chi connectivity index (χ4v) is 3.36. The minimum absolute atomic E-state index is 0.0506. The number of aromatic nitrogens is 1. The highest BCUT2D eigenvalue weighted by molar-refractivity contribution is 6.13. The van der Waals surface area contributed by atoms with Gasteiger partial charge in [-0.2, -0.15) is 0 Å². The number of rotatable bonds is 8. The molecule has 1 amide bonds. The number of hydrogen-bond acceptors (Lipinski definition) is 4. The number of Topliss-reactive ketones (excluding diaryl/α,β-unsaturated/α-hetero) is 1. The van der Waals surface area contributed by atoms with Crippen molar-refractivity contribution in [2.45, 2.75) is 52.0 Å². The predicted molar refractivity (Wildman–Crippen MR) is 110 cm³/mol. The summed E-state index contributed by atoms with van der Waals surface area (Å²) in [6.45, 7) is 5.80. The standard InChI is InChI=1S/C22H29N3O3/c1-15(2)23-12-5-13-28-17-10-8-16(9-11-17)25-22(27)18-14-24-19-6-3-4-7-20(26)21(18)19/h8-11,14-15,23-24H,3-7,12-13H2,1-2H3,(H,25,27). The lowest BCUT2D eigenvalue weighted by molar-refractivity contribution is 0.0965. The van der Waals surface area contributed by atoms with Gasteiger partial charge in [-0.25, -0.2) is 0 Å². The molecule has 0 bridgehead atoms. The second-order valence-corrected chi connectivity index (χ2v) is 7.48. The number of hydrogen-bond donors (Lipinski definition) is 3. The van der Waals surface area contributed by atoms with E-state index in [2.05, 4.69) is 29.5 Å². The maximum Gasteiger partial charge on any atom is 0.257 e. The van der Waals surface area contributed by atoms with Crippen LogP contribution in [-0.2, 0) is 6.42 Å². The molecule has 0 saturated carbocycles. The van der Waals surface area contributed by atoms with Gasteiger partial charge in [0.25, 0.3) is 5.91 Å². The summed E-state index contributed by atoms with van der Waals surface area (Å²) >= 11 is 0. The van der Waals surface area contributed by atoms with Gasteiger partial charge in [-0.15, -0.1) is 0 Å². The van der Waals surface area contributed by atoms with E-state index >= 15 is 0 Å². The number of benzene rings is 1. The van der Waals surface area contributed by atoms with E-state index in [9.17, 15) is 9.59 Å². The third-order valence-electron chi connectivity index (χ3n) is 4.82. The molecule has 1 heterocycles. The van der Waals surface area contributed by atoms with Gasteiger partial charge >= 0.3 is 0 Å². The predicted octanol–water partition coefficient (Wildman–Crippen LogP) is 3.94. The fourth-order valence-electron chi connectivity index (χ4n) is 3.36. The summed E-state index contributed by atoms with van der Waals surface area (Å²) in [6.07, 6.45) is 5.73. The zero-order chi connectivity index (χ0) is 19.9. The number of nitrogens with one attached hydrogen (secondary N) is 3. The van der Waals surface area contributed by atoms with Crippen LogP contribution in [0.1, 0.15) is 65.9 Å². The lowest BCUT2D eigenvalue weighted by Crippen LogP contribution is -2.24. The lowest BCUT2D eigenvalue weighted by atomic mass is 10.0. The zero-order valence-electron chi connectivity index (χ0n) is 16.6. The highest BCUT2D eigenvalue weighted by atomic mass is 16.5. The molecule has 150 valence electrons. The summed E-state index contributed by atoms with van der Waals surface area (Å²) in [7, 11) is 0. The van der Waals surface area contributed by atoms with E-state index in [0.717, 1.165) is 43.7 Å². The van der Waals surface area contributed by atoms with Crippen molar-refractivity contribution in [2.24, 2.45) is 0 Å². The van der Waals surface area contributed by atoms with Crippen LogP contribution in [0, 0.1) is 0 Å². The van der Waals surface area contributed by atoms with Crippen LogP contribution >= 0.6 is 0 Å². The Morgan fingerprint density at radius 2 is 1.93 bits per heavy atom. The number of fused-ring (bicyclic) bond motifs is 1. The van der Waals surface area contributed by atoms with Crippen molar-refractivity contribution >= 4 is 17.4 Å². The van der Waals surface area contributed by atoms with E-state index in [1.54, 1.807) is 6.20 Å². The normalized spacial score (nSPS) is 13.9. The topological polar surface area (TPSA) is 83.2 Å². The zero-order valence-corrected chi connectivity index (χ0v) is 16.6. The fraction of sp³-hybridized carbons (Fsp3) is 0.455. The minimum atomic E-state index is -0.263. The van der Waals surface area contributed by atoms with Gasteiger partial charge in [-0.1, -0.05) is 13.8 Å². The summed E-state index contributed by atoms with van der Waals surface area (Å²) in [6, 6.07) is 7.79. The molecule has 1 aliphatic rings. The molecule has 6 heteroatoms. The number of H-pyrrole nitrogens is 1. The number of carbonyl (C=O) groups excluding carboxylic acids is 2. The highest BCUT2D eigenvalue weighted by Gasteiger charge is 2.24. The van der Waals surface area contributed by atoms with Crippen molar-refractivity contribution in [2.75, 3.05) is 18.5 Å². The number of ether oxygens (including phenoxy) is 1. The molecule has 1 aliphatic carbocycles. The number of aromatic amines is 1. The Hall–Kier alpha value is -2.60. The molecule has 1 aromatic heterocycles. The molecule has 0 atom stereocenters. The summed E-state index contributed by atoms with van der Waals surface area (Å²) in [5.41, 5.74) is 2.54. The maximum absolute atomic E-state index is 12.7. The van der Waals surface area contributed by atoms with Crippen molar-refractivity contribution in [3.05, 3.63) is 47.3 Å². The van der Waals surface area contributed by atoms with E-state index in [1.165, 1.54) is 0 Å². The van der Waals surface area contributed by atoms with Crippen LogP contribution in [-0.4, -0.2) is 35.9 Å². The SMILES string of the molecule is CC(C)NCCCOc1ccc(NC(=O)c2c[nH]c3c2C(=O)CCCC3)cc1. The van der Waals surface area contributed by atoms with Gasteiger partial charge in [-0.05, 0) is 56.5 Å². The monoisotopic (exact) mass is 383 g/mol. The first-order valence-electron chi connectivity index (χ1n) is 10.1. The molecule has 0 aliphatic heterocycles. The van der Waals surface area contributed by atoms with Crippen LogP contribution in [0.5, 0.6) is 5.75 Å². The van der Waals surface area contributed by atoms with Crippen LogP contribution in [0.2, 0.25) is 0 Å². The quantitative estimate of drug-likeness (QED) is 0.476. The van der Waals surface area contributed by atoms with Crippen molar-refractivity contribution in [1.82, 2.24) is 10.3 Å². The van der Waals surface area contributed by atoms with Gasteiger partial charge in [0.05, 0.1) is 17.7 Å². The Morgan fingerprint density at radius 1 is 1.18 bits per heavy atom. The number of amides is 1. The Morgan fingerprint density at radius 3 is 2.68 bits per heavy atom. The minimum Gasteiger partial charge on any atom is -0.494 e. The van der Waals surface area contributed by atoms with Crippen molar-refractivity contribution in [3.63, 3.8) is 0 Å². The summed E-state index contributed by atoms with van der Waals surface area (Å²) in [4.78, 5) is 28.1. The van der Waals surface area contributed by atoms with Crippen molar-refractivity contribution in [1.29, 1.82) is 0 Å². The molecule has 1 aromatic carbocycles. The Bertz CT molecular complexity index is 809. The summed E-state index contributed by atoms with van der Waals surface area (Å²) < 4.78 is 5.72. The van der Waals surface area contributed by atoms with Crippen LogP contribution in [0.25, 0.3) is 0 Å². The first-order valence-corrected chi connectivity index (χ1v) is 10.1. The molecular formula is C22H29N3O3. The third kappa shape index (κ3) is 5.23. The number of aryl methyl sites for hydroxylation is 1. The molecule has 3 rings (SSSR count). The highest BCUT2D eigenvalue weighted by Crippen LogP contribution is 2.24. The van der Waals surface area contributed by atoms with E-state index < -0.39 is 0 Å². The third-order valence-corrected chi connectivity index (χ3v) is 4.82. The second kappa shape index (κ2) is 9.55. The van der Waals surface area contributed by atoms with Gasteiger partial charge in [0.15, 0.2) is 5.78 Å². The average Bonchev–Trinajstić information content (AvgIpc) is 3.01. The molecule has 2 aromatic rings. The summed E-state index contributed by atoms with van der Waals surface area (Å²) in [5.74, 6) is 0.559. The molecule has 0 saturated heterocycles. The first-order chi connectivity index (χ1) is 13.5. The Kier molecular flexibility index (Phi) is 6.87. The van der Waals surface area contributed by atoms with Crippen molar-refractivity contribution < 1.29 is 14.3 Å². The smallest absolute Gasteiger partial charge is 0.257 e. The van der Waals surface area contributed by atoms with E-state index in [4.69, 9.17) is 4.74 Å². The summed E-state index contributed by atoms with van der Waals surface area (Å²) in [5, 5.41) is 6.23. The van der Waals surface area contributed by atoms with E-state index in [1.807, 2.05) is 24.3 Å². The van der Waals surface area contributed by atoms with E-state index in [0.29, 0.717) is 35.9 Å². The molecule has 28 heavy (non-hydrogen) atoms. The molecule has 0 spiro atoms. The van der Waals surface area contributed by atoms with Crippen molar-refractivity contribution in [3.8, 4) is 5.75 Å². The second-order valence-electron chi connectivity index (χ2n) is 7.48. The van der Waals surface area contributed by atoms with Gasteiger partial charge in [0.1, 0.15) is 5.75 Å². The lowest BCUT2D eigenvalue weighted by Gasteiger charge is -2.10. The van der Waals surface area contributed by atoms with Crippen LogP contribution in [0.4, 0.5) is 5.69 Å². The van der Waals surface area contributed by atoms with Gasteiger partial charge in [0, 0.05) is 30.0 Å². The Balaban J connectivity index is 1.55. The van der Waals surface area contributed by atoms with E-state index in [-0.39, 0.29) is 11.7 Å². The average molecular weight is 383 g/mol. The first kappa shape index (κ1) is 20.1. The van der Waals surface area contributed by atoms with Gasteiger partial charge in [-0.3, -0.25) is 9.59 Å². The molecule has 3 N–H and O–H groups in total. The molecule has 0 unspecified atom stereocenters.